The molecule has 0 aliphatic carbocycles. The van der Waals surface area contributed by atoms with Crippen LogP contribution in [-0.2, 0) is 0 Å². The third-order valence-corrected chi connectivity index (χ3v) is 5.40. The average molecular weight is 307 g/mol. The summed E-state index contributed by atoms with van der Waals surface area (Å²) in [5, 5.41) is 0. The molecule has 1 aromatic carbocycles. The van der Waals surface area contributed by atoms with E-state index in [-0.39, 0.29) is 0 Å². The molecule has 3 heterocycles. The quantitative estimate of drug-likeness (QED) is 0.843. The Morgan fingerprint density at radius 1 is 1.00 bits per heavy atom. The summed E-state index contributed by atoms with van der Waals surface area (Å²) in [4.78, 5) is 9.79. The number of aromatic nitrogens is 1. The van der Waals surface area contributed by atoms with Crippen LogP contribution in [0.2, 0.25) is 0 Å². The smallest absolute Gasteiger partial charge is 0.0561 e. The van der Waals surface area contributed by atoms with Gasteiger partial charge in [0, 0.05) is 37.4 Å². The number of pyridine rings is 1. The lowest BCUT2D eigenvalue weighted by molar-refractivity contribution is 0.298. The Balaban J connectivity index is 1.67. The van der Waals surface area contributed by atoms with Gasteiger partial charge in [0.1, 0.15) is 0 Å². The lowest BCUT2D eigenvalue weighted by Crippen LogP contribution is -2.39. The van der Waals surface area contributed by atoms with Crippen LogP contribution in [0.15, 0.2) is 42.7 Å². The highest BCUT2D eigenvalue weighted by molar-refractivity contribution is 5.70. The third-order valence-electron chi connectivity index (χ3n) is 5.40. The minimum absolute atomic E-state index is 0.677. The van der Waals surface area contributed by atoms with Gasteiger partial charge in [-0.3, -0.25) is 4.98 Å². The molecule has 2 aromatic rings. The Morgan fingerprint density at radius 3 is 2.83 bits per heavy atom. The van der Waals surface area contributed by atoms with Crippen LogP contribution < -0.4 is 4.90 Å². The standard InChI is InChI=1S/C20H25N3/c1-16-5-2-3-7-20(16)17-13-19(15-21-14-17)23-12-11-22-9-4-6-18(23)8-10-22/h2-3,5,7,13-15,18H,4,6,8-12H2,1H3. The number of aryl methyl sites for hydroxylation is 1. The highest BCUT2D eigenvalue weighted by Gasteiger charge is 2.27. The number of nitrogens with zero attached hydrogens (tertiary/aromatic N) is 3. The van der Waals surface area contributed by atoms with Crippen LogP contribution in [0.3, 0.4) is 0 Å². The molecule has 23 heavy (non-hydrogen) atoms. The summed E-state index contributed by atoms with van der Waals surface area (Å²) in [5.41, 5.74) is 5.13. The van der Waals surface area contributed by atoms with E-state index in [1.807, 2.05) is 12.4 Å². The molecular formula is C20H25N3. The van der Waals surface area contributed by atoms with Crippen LogP contribution in [0, 0.1) is 6.92 Å². The SMILES string of the molecule is Cc1ccccc1-c1cncc(N2CCN3CCCC2CC3)c1. The summed E-state index contributed by atoms with van der Waals surface area (Å²) in [6.45, 7) is 7.03. The van der Waals surface area contributed by atoms with Gasteiger partial charge in [-0.25, -0.2) is 0 Å². The second kappa shape index (κ2) is 6.32. The van der Waals surface area contributed by atoms with Gasteiger partial charge in [0.15, 0.2) is 0 Å². The zero-order valence-electron chi connectivity index (χ0n) is 13.9. The maximum absolute atomic E-state index is 4.56. The Bertz CT molecular complexity index is 682. The van der Waals surface area contributed by atoms with Crippen LogP contribution in [-0.4, -0.2) is 42.1 Å². The van der Waals surface area contributed by atoms with Crippen molar-refractivity contribution in [2.24, 2.45) is 0 Å². The third kappa shape index (κ3) is 2.98. The zero-order valence-corrected chi connectivity index (χ0v) is 13.9. The van der Waals surface area contributed by atoms with Crippen molar-refractivity contribution in [1.29, 1.82) is 0 Å². The first kappa shape index (κ1) is 14.7. The van der Waals surface area contributed by atoms with Crippen molar-refractivity contribution in [3.8, 4) is 11.1 Å². The van der Waals surface area contributed by atoms with E-state index in [0.717, 1.165) is 6.54 Å². The average Bonchev–Trinajstić information content (AvgIpc) is 2.91. The molecule has 0 saturated carbocycles. The molecule has 0 amide bonds. The first-order chi connectivity index (χ1) is 11.3. The van der Waals surface area contributed by atoms with Gasteiger partial charge in [-0.2, -0.15) is 0 Å². The lowest BCUT2D eigenvalue weighted by atomic mass is 10.0. The molecule has 0 N–H and O–H groups in total. The second-order valence-electron chi connectivity index (χ2n) is 6.87. The van der Waals surface area contributed by atoms with Crippen LogP contribution in [0.25, 0.3) is 11.1 Å². The molecule has 2 fully saturated rings. The zero-order chi connectivity index (χ0) is 15.6. The van der Waals surface area contributed by atoms with Crippen molar-refractivity contribution >= 4 is 5.69 Å². The van der Waals surface area contributed by atoms with E-state index in [1.165, 1.54) is 61.3 Å². The van der Waals surface area contributed by atoms with Crippen molar-refractivity contribution in [1.82, 2.24) is 9.88 Å². The monoisotopic (exact) mass is 307 g/mol. The Labute approximate surface area is 139 Å². The van der Waals surface area contributed by atoms with Gasteiger partial charge in [0.25, 0.3) is 0 Å². The van der Waals surface area contributed by atoms with Crippen molar-refractivity contribution in [3.05, 3.63) is 48.3 Å². The molecule has 2 bridgehead atoms. The molecule has 120 valence electrons. The Kier molecular flexibility index (Phi) is 4.04. The maximum Gasteiger partial charge on any atom is 0.0561 e. The fourth-order valence-corrected chi connectivity index (χ4v) is 4.07. The van der Waals surface area contributed by atoms with Crippen molar-refractivity contribution < 1.29 is 0 Å². The van der Waals surface area contributed by atoms with Crippen LogP contribution >= 0.6 is 0 Å². The van der Waals surface area contributed by atoms with E-state index in [4.69, 9.17) is 0 Å². The number of rotatable bonds is 2. The molecule has 2 saturated heterocycles. The summed E-state index contributed by atoms with van der Waals surface area (Å²) in [7, 11) is 0. The fraction of sp³-hybridized carbons (Fsp3) is 0.450. The molecule has 0 radical (unpaired) electrons. The van der Waals surface area contributed by atoms with E-state index >= 15 is 0 Å². The number of hydrogen-bond donors (Lipinski definition) is 0. The van der Waals surface area contributed by atoms with Crippen molar-refractivity contribution in [2.45, 2.75) is 32.2 Å². The second-order valence-corrected chi connectivity index (χ2v) is 6.87. The van der Waals surface area contributed by atoms with E-state index in [2.05, 4.69) is 52.0 Å². The van der Waals surface area contributed by atoms with Gasteiger partial charge >= 0.3 is 0 Å². The van der Waals surface area contributed by atoms with E-state index < -0.39 is 0 Å². The molecule has 2 aliphatic heterocycles. The first-order valence-electron chi connectivity index (χ1n) is 8.81. The number of benzene rings is 1. The van der Waals surface area contributed by atoms with E-state index in [0.29, 0.717) is 6.04 Å². The molecule has 2 aliphatic rings. The first-order valence-corrected chi connectivity index (χ1v) is 8.81. The minimum atomic E-state index is 0.677. The van der Waals surface area contributed by atoms with E-state index in [9.17, 15) is 0 Å². The highest BCUT2D eigenvalue weighted by atomic mass is 15.2. The summed E-state index contributed by atoms with van der Waals surface area (Å²) in [5.74, 6) is 0. The van der Waals surface area contributed by atoms with Crippen molar-refractivity contribution in [3.63, 3.8) is 0 Å². The largest absolute Gasteiger partial charge is 0.366 e. The maximum atomic E-state index is 4.56. The number of anilines is 1. The van der Waals surface area contributed by atoms with Crippen molar-refractivity contribution in [2.75, 3.05) is 31.1 Å². The molecular weight excluding hydrogens is 282 g/mol. The lowest BCUT2D eigenvalue weighted by Gasteiger charge is -2.33. The van der Waals surface area contributed by atoms with Crippen LogP contribution in [0.5, 0.6) is 0 Å². The molecule has 2 unspecified atom stereocenters. The van der Waals surface area contributed by atoms with E-state index in [1.54, 1.807) is 0 Å². The molecule has 3 nitrogen and oxygen atoms in total. The topological polar surface area (TPSA) is 19.4 Å². The number of fused-ring (bicyclic) bond motifs is 3. The van der Waals surface area contributed by atoms with Gasteiger partial charge in [-0.15, -0.1) is 0 Å². The molecule has 1 aromatic heterocycles. The summed E-state index contributed by atoms with van der Waals surface area (Å²) in [6.07, 6.45) is 7.97. The Hall–Kier alpha value is -1.87. The highest BCUT2D eigenvalue weighted by Crippen LogP contribution is 2.30. The van der Waals surface area contributed by atoms with Crippen LogP contribution in [0.1, 0.15) is 24.8 Å². The van der Waals surface area contributed by atoms with Gasteiger partial charge in [0.2, 0.25) is 0 Å². The van der Waals surface area contributed by atoms with Crippen LogP contribution in [0.4, 0.5) is 5.69 Å². The summed E-state index contributed by atoms with van der Waals surface area (Å²) < 4.78 is 0. The van der Waals surface area contributed by atoms with Gasteiger partial charge < -0.3 is 9.80 Å². The fourth-order valence-electron chi connectivity index (χ4n) is 4.07. The number of hydrogen-bond acceptors (Lipinski definition) is 3. The molecule has 2 atom stereocenters. The minimum Gasteiger partial charge on any atom is -0.366 e. The summed E-state index contributed by atoms with van der Waals surface area (Å²) in [6, 6.07) is 11.6. The normalized spacial score (nSPS) is 24.3. The Morgan fingerprint density at radius 2 is 1.91 bits per heavy atom. The van der Waals surface area contributed by atoms with Gasteiger partial charge in [-0.05, 0) is 49.9 Å². The summed E-state index contributed by atoms with van der Waals surface area (Å²) >= 11 is 0. The van der Waals surface area contributed by atoms with Gasteiger partial charge in [-0.1, -0.05) is 24.3 Å². The molecule has 0 spiro atoms. The molecule has 3 heteroatoms. The predicted molar refractivity (Wildman–Crippen MR) is 95.8 cm³/mol. The van der Waals surface area contributed by atoms with Gasteiger partial charge in [0.05, 0.1) is 11.9 Å². The predicted octanol–water partition coefficient (Wildman–Crippen LogP) is 3.73. The molecule has 4 rings (SSSR count).